The molecule has 0 aliphatic carbocycles. The smallest absolute Gasteiger partial charge is 0.239 e. The van der Waals surface area contributed by atoms with Crippen molar-refractivity contribution in [1.82, 2.24) is 4.98 Å². The fraction of sp³-hybridized carbons (Fsp3) is 0.583. The number of nitrogens with one attached hydrogen (secondary N) is 1. The molecule has 1 aliphatic rings. The number of hydrogen-bond donors (Lipinski definition) is 2. The first-order valence-electron chi connectivity index (χ1n) is 6.03. The highest BCUT2D eigenvalue weighted by Gasteiger charge is 2.14. The van der Waals surface area contributed by atoms with Crippen LogP contribution in [-0.4, -0.2) is 29.1 Å². The van der Waals surface area contributed by atoms with Crippen LogP contribution in [0, 0.1) is 0 Å². The summed E-state index contributed by atoms with van der Waals surface area (Å²) in [5.74, 6) is 3.81. The highest BCUT2D eigenvalue weighted by molar-refractivity contribution is 7.99. The van der Waals surface area contributed by atoms with Crippen molar-refractivity contribution in [3.05, 3.63) is 12.1 Å². The average Bonchev–Trinajstić information content (AvgIpc) is 2.35. The van der Waals surface area contributed by atoms with E-state index in [1.807, 2.05) is 30.8 Å². The number of ether oxygens (including phenoxy) is 1. The van der Waals surface area contributed by atoms with Gasteiger partial charge >= 0.3 is 0 Å². The van der Waals surface area contributed by atoms with Gasteiger partial charge in [0.25, 0.3) is 0 Å². The summed E-state index contributed by atoms with van der Waals surface area (Å²) in [6, 6.07) is 4.27. The van der Waals surface area contributed by atoms with Crippen LogP contribution in [0.25, 0.3) is 0 Å². The van der Waals surface area contributed by atoms with E-state index in [1.165, 1.54) is 18.6 Å². The summed E-state index contributed by atoms with van der Waals surface area (Å²) in [6.45, 7) is 2.51. The second-order valence-corrected chi connectivity index (χ2v) is 5.23. The number of rotatable bonds is 4. The second-order valence-electron chi connectivity index (χ2n) is 4.08. The quantitative estimate of drug-likeness (QED) is 0.862. The lowest BCUT2D eigenvalue weighted by atomic mass is 10.2. The molecule has 1 aromatic rings. The van der Waals surface area contributed by atoms with Crippen LogP contribution < -0.4 is 15.8 Å². The fourth-order valence-corrected chi connectivity index (χ4v) is 2.92. The first-order valence-corrected chi connectivity index (χ1v) is 7.18. The van der Waals surface area contributed by atoms with Crippen LogP contribution in [0.5, 0.6) is 5.88 Å². The summed E-state index contributed by atoms with van der Waals surface area (Å²) in [5, 5.41) is 3.44. The van der Waals surface area contributed by atoms with Gasteiger partial charge in [-0.15, -0.1) is 0 Å². The summed E-state index contributed by atoms with van der Waals surface area (Å²) in [7, 11) is 0. The van der Waals surface area contributed by atoms with E-state index in [-0.39, 0.29) is 0 Å². The Kier molecular flexibility index (Phi) is 4.36. The number of nitrogens with two attached hydrogens (primary N) is 1. The first-order chi connectivity index (χ1) is 8.29. The lowest BCUT2D eigenvalue weighted by Crippen LogP contribution is -2.26. The van der Waals surface area contributed by atoms with Gasteiger partial charge in [0.05, 0.1) is 12.3 Å². The SMILES string of the molecule is CCOc1nc(NC2CCCSC2)ccc1N. The number of nitrogens with zero attached hydrogens (tertiary/aromatic N) is 1. The van der Waals surface area contributed by atoms with Crippen molar-refractivity contribution in [2.45, 2.75) is 25.8 Å². The molecule has 4 nitrogen and oxygen atoms in total. The Hall–Kier alpha value is -1.10. The molecule has 1 unspecified atom stereocenters. The third kappa shape index (κ3) is 3.43. The zero-order chi connectivity index (χ0) is 12.1. The number of thioether (sulfide) groups is 1. The maximum Gasteiger partial charge on any atom is 0.239 e. The summed E-state index contributed by atoms with van der Waals surface area (Å²) in [5.41, 5.74) is 6.38. The molecule has 0 amide bonds. The maximum absolute atomic E-state index is 5.79. The van der Waals surface area contributed by atoms with Crippen molar-refractivity contribution in [3.63, 3.8) is 0 Å². The Morgan fingerprint density at radius 2 is 2.47 bits per heavy atom. The van der Waals surface area contributed by atoms with E-state index < -0.39 is 0 Å². The summed E-state index contributed by atoms with van der Waals surface area (Å²) >= 11 is 1.99. The van der Waals surface area contributed by atoms with Crippen LogP contribution >= 0.6 is 11.8 Å². The van der Waals surface area contributed by atoms with E-state index in [9.17, 15) is 0 Å². The van der Waals surface area contributed by atoms with E-state index >= 15 is 0 Å². The van der Waals surface area contributed by atoms with Gasteiger partial charge in [-0.05, 0) is 37.7 Å². The highest BCUT2D eigenvalue weighted by atomic mass is 32.2. The van der Waals surface area contributed by atoms with Crippen molar-refractivity contribution < 1.29 is 4.74 Å². The largest absolute Gasteiger partial charge is 0.476 e. The molecule has 0 bridgehead atoms. The lowest BCUT2D eigenvalue weighted by molar-refractivity contribution is 0.329. The highest BCUT2D eigenvalue weighted by Crippen LogP contribution is 2.24. The molecular formula is C12H19N3OS. The molecule has 1 saturated heterocycles. The third-order valence-electron chi connectivity index (χ3n) is 2.68. The summed E-state index contributed by atoms with van der Waals surface area (Å²) in [6.07, 6.45) is 2.48. The van der Waals surface area contributed by atoms with Crippen LogP contribution in [0.1, 0.15) is 19.8 Å². The number of hydrogen-bond acceptors (Lipinski definition) is 5. The molecule has 1 aromatic heterocycles. The van der Waals surface area contributed by atoms with Gasteiger partial charge in [-0.3, -0.25) is 0 Å². The Bertz CT molecular complexity index is 367. The molecule has 1 aliphatic heterocycles. The minimum atomic E-state index is 0.513. The van der Waals surface area contributed by atoms with Crippen molar-refractivity contribution in [3.8, 4) is 5.88 Å². The van der Waals surface area contributed by atoms with Crippen LogP contribution in [0.15, 0.2) is 12.1 Å². The molecule has 1 atom stereocenters. The van der Waals surface area contributed by atoms with Crippen LogP contribution in [0.4, 0.5) is 11.5 Å². The topological polar surface area (TPSA) is 60.2 Å². The number of pyridine rings is 1. The van der Waals surface area contributed by atoms with Crippen molar-refractivity contribution in [1.29, 1.82) is 0 Å². The van der Waals surface area contributed by atoms with Crippen molar-refractivity contribution >= 4 is 23.3 Å². The molecule has 2 heterocycles. The van der Waals surface area contributed by atoms with Gasteiger partial charge in [-0.1, -0.05) is 0 Å². The molecule has 2 rings (SSSR count). The maximum atomic E-state index is 5.79. The molecule has 0 saturated carbocycles. The molecular weight excluding hydrogens is 234 g/mol. The van der Waals surface area contributed by atoms with Crippen LogP contribution in [0.3, 0.4) is 0 Å². The Morgan fingerprint density at radius 3 is 3.18 bits per heavy atom. The molecule has 17 heavy (non-hydrogen) atoms. The molecule has 5 heteroatoms. The Labute approximate surface area is 106 Å². The van der Waals surface area contributed by atoms with Gasteiger partial charge in [0.2, 0.25) is 5.88 Å². The van der Waals surface area contributed by atoms with Crippen molar-refractivity contribution in [2.75, 3.05) is 29.2 Å². The van der Waals surface area contributed by atoms with Crippen LogP contribution in [0.2, 0.25) is 0 Å². The number of anilines is 2. The van der Waals surface area contributed by atoms with Gasteiger partial charge in [-0.2, -0.15) is 16.7 Å². The number of nitrogen functional groups attached to an aromatic ring is 1. The number of aromatic nitrogens is 1. The Morgan fingerprint density at radius 1 is 1.59 bits per heavy atom. The summed E-state index contributed by atoms with van der Waals surface area (Å²) in [4.78, 5) is 4.39. The van der Waals surface area contributed by atoms with E-state index in [0.29, 0.717) is 24.2 Å². The van der Waals surface area contributed by atoms with E-state index in [2.05, 4.69) is 10.3 Å². The minimum absolute atomic E-state index is 0.513. The van der Waals surface area contributed by atoms with Gasteiger partial charge in [0.1, 0.15) is 5.82 Å². The lowest BCUT2D eigenvalue weighted by Gasteiger charge is -2.23. The van der Waals surface area contributed by atoms with E-state index in [1.54, 1.807) is 0 Å². The fourth-order valence-electron chi connectivity index (χ4n) is 1.85. The zero-order valence-corrected chi connectivity index (χ0v) is 10.9. The molecule has 0 aromatic carbocycles. The van der Waals surface area contributed by atoms with Gasteiger partial charge < -0.3 is 15.8 Å². The predicted molar refractivity (Wildman–Crippen MR) is 73.8 cm³/mol. The molecule has 0 spiro atoms. The standard InChI is InChI=1S/C12H19N3OS/c1-2-16-12-10(13)5-6-11(15-12)14-9-4-3-7-17-8-9/h5-6,9H,2-4,7-8,13H2,1H3,(H,14,15). The third-order valence-corrected chi connectivity index (χ3v) is 3.90. The predicted octanol–water partition coefficient (Wildman–Crippen LogP) is 2.37. The second kappa shape index (κ2) is 6.00. The molecule has 94 valence electrons. The van der Waals surface area contributed by atoms with E-state index in [4.69, 9.17) is 10.5 Å². The van der Waals surface area contributed by atoms with Gasteiger partial charge in [-0.25, -0.2) is 0 Å². The average molecular weight is 253 g/mol. The molecule has 0 radical (unpaired) electrons. The minimum Gasteiger partial charge on any atom is -0.476 e. The van der Waals surface area contributed by atoms with Gasteiger partial charge in [0, 0.05) is 11.8 Å². The van der Waals surface area contributed by atoms with E-state index in [0.717, 1.165) is 11.6 Å². The van der Waals surface area contributed by atoms with Gasteiger partial charge in [0.15, 0.2) is 0 Å². The molecule has 1 fully saturated rings. The monoisotopic (exact) mass is 253 g/mol. The molecule has 3 N–H and O–H groups in total. The summed E-state index contributed by atoms with van der Waals surface area (Å²) < 4.78 is 5.39. The Balaban J connectivity index is 2.02. The zero-order valence-electron chi connectivity index (χ0n) is 10.1. The van der Waals surface area contributed by atoms with Crippen molar-refractivity contribution in [2.24, 2.45) is 0 Å². The first kappa shape index (κ1) is 12.4. The normalized spacial score (nSPS) is 19.9. The van der Waals surface area contributed by atoms with Crippen LogP contribution in [-0.2, 0) is 0 Å².